The van der Waals surface area contributed by atoms with Crippen LogP contribution in [-0.4, -0.2) is 17.6 Å². The molecule has 0 heterocycles. The molecule has 19 heavy (non-hydrogen) atoms. The van der Waals surface area contributed by atoms with Crippen LogP contribution in [0.2, 0.25) is 0 Å². The van der Waals surface area contributed by atoms with Crippen molar-refractivity contribution in [2.45, 2.75) is 33.6 Å². The van der Waals surface area contributed by atoms with E-state index in [0.29, 0.717) is 12.4 Å². The van der Waals surface area contributed by atoms with E-state index in [4.69, 9.17) is 15.7 Å². The molecule has 0 aromatic heterocycles. The van der Waals surface area contributed by atoms with E-state index in [1.165, 1.54) is 12.1 Å². The third-order valence-corrected chi connectivity index (χ3v) is 3.14. The lowest BCUT2D eigenvalue weighted by molar-refractivity contribution is 0.276. The van der Waals surface area contributed by atoms with Gasteiger partial charge in [-0.3, -0.25) is 0 Å². The zero-order valence-electron chi connectivity index (χ0n) is 11.6. The summed E-state index contributed by atoms with van der Waals surface area (Å²) in [6, 6.07) is 4.44. The number of rotatable bonds is 6. The minimum absolute atomic E-state index is 0.213. The molecule has 1 aromatic carbocycles. The average molecular weight is 268 g/mol. The molecule has 0 fully saturated rings. The second kappa shape index (κ2) is 6.41. The summed E-state index contributed by atoms with van der Waals surface area (Å²) in [5.41, 5.74) is 6.01. The molecule has 0 bridgehead atoms. The number of ether oxygens (including phenoxy) is 1. The highest BCUT2D eigenvalue weighted by atomic mass is 19.1. The normalized spacial score (nSPS) is 12.5. The van der Waals surface area contributed by atoms with Gasteiger partial charge in [-0.2, -0.15) is 0 Å². The van der Waals surface area contributed by atoms with Crippen LogP contribution in [0.1, 0.15) is 32.3 Å². The Labute approximate surface area is 113 Å². The van der Waals surface area contributed by atoms with Gasteiger partial charge in [-0.05, 0) is 43.5 Å². The van der Waals surface area contributed by atoms with Gasteiger partial charge in [0.15, 0.2) is 0 Å². The van der Waals surface area contributed by atoms with Gasteiger partial charge in [-0.1, -0.05) is 19.0 Å². The SMILES string of the molecule is Cc1cc(F)ccc1OCCCC(C)(C)/C(N)=N/O. The average Bonchev–Trinajstić information content (AvgIpc) is 2.35. The maximum Gasteiger partial charge on any atom is 0.144 e. The summed E-state index contributed by atoms with van der Waals surface area (Å²) in [5, 5.41) is 11.7. The third-order valence-electron chi connectivity index (χ3n) is 3.14. The minimum atomic E-state index is -0.365. The van der Waals surface area contributed by atoms with E-state index in [2.05, 4.69) is 5.16 Å². The van der Waals surface area contributed by atoms with E-state index < -0.39 is 0 Å². The maximum absolute atomic E-state index is 12.9. The van der Waals surface area contributed by atoms with Crippen LogP contribution in [0.4, 0.5) is 4.39 Å². The molecular formula is C14H21FN2O2. The highest BCUT2D eigenvalue weighted by Crippen LogP contribution is 2.23. The largest absolute Gasteiger partial charge is 0.493 e. The second-order valence-electron chi connectivity index (χ2n) is 5.23. The number of hydrogen-bond acceptors (Lipinski definition) is 3. The van der Waals surface area contributed by atoms with Crippen LogP contribution in [0, 0.1) is 18.2 Å². The van der Waals surface area contributed by atoms with Gasteiger partial charge in [-0.25, -0.2) is 4.39 Å². The molecule has 0 aliphatic heterocycles. The Balaban J connectivity index is 2.43. The van der Waals surface area contributed by atoms with Crippen LogP contribution in [0.5, 0.6) is 5.75 Å². The summed E-state index contributed by atoms with van der Waals surface area (Å²) in [6.07, 6.45) is 1.50. The number of aryl methyl sites for hydroxylation is 1. The molecule has 0 aliphatic carbocycles. The fourth-order valence-corrected chi connectivity index (χ4v) is 1.73. The highest BCUT2D eigenvalue weighted by molar-refractivity contribution is 5.85. The summed E-state index contributed by atoms with van der Waals surface area (Å²) in [4.78, 5) is 0. The van der Waals surface area contributed by atoms with Crippen molar-refractivity contribution in [3.05, 3.63) is 29.6 Å². The Morgan fingerprint density at radius 1 is 1.47 bits per heavy atom. The van der Waals surface area contributed by atoms with Gasteiger partial charge in [0.25, 0.3) is 0 Å². The Bertz CT molecular complexity index is 459. The number of hydrogen-bond donors (Lipinski definition) is 2. The first-order valence-electron chi connectivity index (χ1n) is 6.24. The number of nitrogens with zero attached hydrogens (tertiary/aromatic N) is 1. The smallest absolute Gasteiger partial charge is 0.144 e. The Hall–Kier alpha value is -1.78. The summed E-state index contributed by atoms with van der Waals surface area (Å²) in [7, 11) is 0. The van der Waals surface area contributed by atoms with Crippen molar-refractivity contribution >= 4 is 5.84 Å². The minimum Gasteiger partial charge on any atom is -0.493 e. The predicted octanol–water partition coefficient (Wildman–Crippen LogP) is 3.07. The summed E-state index contributed by atoms with van der Waals surface area (Å²) in [6.45, 7) is 6.13. The number of oxime groups is 1. The number of nitrogens with two attached hydrogens (primary N) is 1. The van der Waals surface area contributed by atoms with Gasteiger partial charge in [-0.15, -0.1) is 0 Å². The lowest BCUT2D eigenvalue weighted by Crippen LogP contribution is -2.32. The van der Waals surface area contributed by atoms with Crippen molar-refractivity contribution in [1.82, 2.24) is 0 Å². The van der Waals surface area contributed by atoms with E-state index in [0.717, 1.165) is 18.4 Å². The van der Waals surface area contributed by atoms with E-state index in [-0.39, 0.29) is 17.1 Å². The first kappa shape index (κ1) is 15.3. The summed E-state index contributed by atoms with van der Waals surface area (Å²) < 4.78 is 18.5. The maximum atomic E-state index is 12.9. The Morgan fingerprint density at radius 2 is 2.16 bits per heavy atom. The monoisotopic (exact) mass is 268 g/mol. The van der Waals surface area contributed by atoms with E-state index in [1.807, 2.05) is 13.8 Å². The lowest BCUT2D eigenvalue weighted by Gasteiger charge is -2.22. The fraction of sp³-hybridized carbons (Fsp3) is 0.500. The van der Waals surface area contributed by atoms with E-state index >= 15 is 0 Å². The van der Waals surface area contributed by atoms with Crippen molar-refractivity contribution in [3.8, 4) is 5.75 Å². The van der Waals surface area contributed by atoms with Gasteiger partial charge in [0.05, 0.1) is 6.61 Å². The van der Waals surface area contributed by atoms with Crippen LogP contribution < -0.4 is 10.5 Å². The molecule has 0 saturated carbocycles. The van der Waals surface area contributed by atoms with Gasteiger partial charge < -0.3 is 15.7 Å². The van der Waals surface area contributed by atoms with Gasteiger partial charge in [0.1, 0.15) is 17.4 Å². The molecule has 106 valence electrons. The zero-order chi connectivity index (χ0) is 14.5. The molecular weight excluding hydrogens is 247 g/mol. The van der Waals surface area contributed by atoms with Crippen molar-refractivity contribution in [3.63, 3.8) is 0 Å². The molecule has 0 saturated heterocycles. The van der Waals surface area contributed by atoms with Crippen molar-refractivity contribution in [2.24, 2.45) is 16.3 Å². The highest BCUT2D eigenvalue weighted by Gasteiger charge is 2.22. The molecule has 0 aliphatic rings. The quantitative estimate of drug-likeness (QED) is 0.274. The molecule has 3 N–H and O–H groups in total. The van der Waals surface area contributed by atoms with Crippen LogP contribution >= 0.6 is 0 Å². The molecule has 1 rings (SSSR count). The molecule has 0 amide bonds. The lowest BCUT2D eigenvalue weighted by atomic mass is 9.87. The Kier molecular flexibility index (Phi) is 5.15. The molecule has 0 spiro atoms. The molecule has 0 atom stereocenters. The molecule has 0 unspecified atom stereocenters. The van der Waals surface area contributed by atoms with Gasteiger partial charge in [0.2, 0.25) is 0 Å². The summed E-state index contributed by atoms with van der Waals surface area (Å²) >= 11 is 0. The molecule has 0 radical (unpaired) electrons. The molecule has 5 heteroatoms. The van der Waals surface area contributed by atoms with Gasteiger partial charge in [0, 0.05) is 5.41 Å². The standard InChI is InChI=1S/C14H21FN2O2/c1-10-9-11(15)5-6-12(10)19-8-4-7-14(2,3)13(16)17-18/h5-6,9,18H,4,7-8H2,1-3H3,(H2,16,17). The molecule has 1 aromatic rings. The first-order chi connectivity index (χ1) is 8.86. The van der Waals surface area contributed by atoms with Gasteiger partial charge >= 0.3 is 0 Å². The van der Waals surface area contributed by atoms with Crippen molar-refractivity contribution in [1.29, 1.82) is 0 Å². The van der Waals surface area contributed by atoms with Crippen molar-refractivity contribution < 1.29 is 14.3 Å². The predicted molar refractivity (Wildman–Crippen MR) is 73.1 cm³/mol. The van der Waals surface area contributed by atoms with E-state index in [1.54, 1.807) is 13.0 Å². The van der Waals surface area contributed by atoms with Crippen LogP contribution in [0.25, 0.3) is 0 Å². The number of amidine groups is 1. The van der Waals surface area contributed by atoms with Crippen LogP contribution in [0.15, 0.2) is 23.4 Å². The Morgan fingerprint density at radius 3 is 2.74 bits per heavy atom. The van der Waals surface area contributed by atoms with E-state index in [9.17, 15) is 4.39 Å². The third kappa shape index (κ3) is 4.43. The topological polar surface area (TPSA) is 67.8 Å². The zero-order valence-corrected chi connectivity index (χ0v) is 11.6. The van der Waals surface area contributed by atoms with Crippen LogP contribution in [-0.2, 0) is 0 Å². The fourth-order valence-electron chi connectivity index (χ4n) is 1.73. The van der Waals surface area contributed by atoms with Crippen LogP contribution in [0.3, 0.4) is 0 Å². The molecule has 4 nitrogen and oxygen atoms in total. The second-order valence-corrected chi connectivity index (χ2v) is 5.23. The number of halogens is 1. The number of benzene rings is 1. The summed E-state index contributed by atoms with van der Waals surface area (Å²) in [5.74, 6) is 0.631. The van der Waals surface area contributed by atoms with Crippen molar-refractivity contribution in [2.75, 3.05) is 6.61 Å². The first-order valence-corrected chi connectivity index (χ1v) is 6.24.